The first kappa shape index (κ1) is 10.4. The highest BCUT2D eigenvalue weighted by Crippen LogP contribution is 2.24. The van der Waals surface area contributed by atoms with Gasteiger partial charge in [-0.15, -0.1) is 5.16 Å². The van der Waals surface area contributed by atoms with Crippen LogP contribution in [0.5, 0.6) is 0 Å². The van der Waals surface area contributed by atoms with Crippen LogP contribution in [0.3, 0.4) is 0 Å². The second-order valence-corrected chi connectivity index (χ2v) is 3.36. The van der Waals surface area contributed by atoms with Crippen molar-refractivity contribution in [1.29, 1.82) is 0 Å². The average molecular weight is 218 g/mol. The van der Waals surface area contributed by atoms with Crippen molar-refractivity contribution >= 4 is 18.5 Å². The molecule has 0 aromatic heterocycles. The van der Waals surface area contributed by atoms with Gasteiger partial charge in [0.2, 0.25) is 6.23 Å². The number of benzene rings is 1. The molecule has 1 aliphatic rings. The van der Waals surface area contributed by atoms with Crippen LogP contribution >= 0.6 is 0 Å². The lowest BCUT2D eigenvalue weighted by molar-refractivity contribution is -0.0198. The van der Waals surface area contributed by atoms with E-state index in [9.17, 15) is 9.59 Å². The highest BCUT2D eigenvalue weighted by molar-refractivity contribution is 6.21. The molecule has 16 heavy (non-hydrogen) atoms. The first-order chi connectivity index (χ1) is 7.66. The van der Waals surface area contributed by atoms with E-state index in [1.807, 2.05) is 0 Å². The predicted molar refractivity (Wildman–Crippen MR) is 57.0 cm³/mol. The summed E-state index contributed by atoms with van der Waals surface area (Å²) in [4.78, 5) is 29.6. The molecule has 2 rings (SSSR count). The van der Waals surface area contributed by atoms with E-state index >= 15 is 0 Å². The lowest BCUT2D eigenvalue weighted by Crippen LogP contribution is -2.38. The van der Waals surface area contributed by atoms with E-state index in [-0.39, 0.29) is 11.8 Å². The molecule has 5 heteroatoms. The Balaban J connectivity index is 2.38. The van der Waals surface area contributed by atoms with Crippen molar-refractivity contribution in [2.45, 2.75) is 13.2 Å². The summed E-state index contributed by atoms with van der Waals surface area (Å²) in [5.41, 5.74) is 0.791. The molecule has 0 N–H and O–H groups in total. The number of rotatable bonds is 3. The fraction of sp³-hybridized carbons (Fsp3) is 0.182. The summed E-state index contributed by atoms with van der Waals surface area (Å²) < 4.78 is 0. The van der Waals surface area contributed by atoms with E-state index in [1.54, 1.807) is 31.2 Å². The smallest absolute Gasteiger partial charge is 0.264 e. The zero-order valence-corrected chi connectivity index (χ0v) is 8.71. The van der Waals surface area contributed by atoms with Gasteiger partial charge < -0.3 is 4.84 Å². The van der Waals surface area contributed by atoms with Crippen molar-refractivity contribution in [2.75, 3.05) is 0 Å². The topological polar surface area (TPSA) is 59.0 Å². The molecule has 1 heterocycles. The molecule has 2 amide bonds. The quantitative estimate of drug-likeness (QED) is 0.436. The molecule has 82 valence electrons. The Bertz CT molecular complexity index is 435. The number of hydrogen-bond donors (Lipinski definition) is 0. The minimum atomic E-state index is -0.745. The summed E-state index contributed by atoms with van der Waals surface area (Å²) in [5, 5.41) is 3.22. The van der Waals surface area contributed by atoms with Crippen LogP contribution in [0.15, 0.2) is 29.4 Å². The number of amides is 2. The molecule has 0 saturated carbocycles. The van der Waals surface area contributed by atoms with Gasteiger partial charge in [0.25, 0.3) is 11.8 Å². The standard InChI is InChI=1S/C11H10N2O3/c1-7(16-12-2)13-10(14)8-5-3-4-6-9(8)11(13)15/h3-7H,2H2,1H3. The first-order valence-electron chi connectivity index (χ1n) is 4.75. The molecule has 1 aliphatic heterocycles. The van der Waals surface area contributed by atoms with Crippen molar-refractivity contribution in [3.63, 3.8) is 0 Å². The zero-order chi connectivity index (χ0) is 11.7. The third-order valence-corrected chi connectivity index (χ3v) is 2.42. The monoisotopic (exact) mass is 218 g/mol. The molecule has 0 radical (unpaired) electrons. The number of carbonyl (C=O) groups is 2. The molecule has 0 aliphatic carbocycles. The van der Waals surface area contributed by atoms with Crippen LogP contribution in [-0.2, 0) is 4.84 Å². The van der Waals surface area contributed by atoms with Gasteiger partial charge in [0.1, 0.15) is 0 Å². The molecule has 0 spiro atoms. The molecule has 0 saturated heterocycles. The van der Waals surface area contributed by atoms with Crippen molar-refractivity contribution in [3.05, 3.63) is 35.4 Å². The van der Waals surface area contributed by atoms with Crippen LogP contribution < -0.4 is 0 Å². The van der Waals surface area contributed by atoms with E-state index in [0.29, 0.717) is 11.1 Å². The Morgan fingerprint density at radius 3 is 2.19 bits per heavy atom. The van der Waals surface area contributed by atoms with Gasteiger partial charge >= 0.3 is 0 Å². The van der Waals surface area contributed by atoms with Gasteiger partial charge in [0, 0.05) is 6.72 Å². The van der Waals surface area contributed by atoms with E-state index in [2.05, 4.69) is 11.9 Å². The summed E-state index contributed by atoms with van der Waals surface area (Å²) in [6.45, 7) is 4.72. The lowest BCUT2D eigenvalue weighted by Gasteiger charge is -2.19. The summed E-state index contributed by atoms with van der Waals surface area (Å²) in [6, 6.07) is 6.66. The lowest BCUT2D eigenvalue weighted by atomic mass is 10.1. The van der Waals surface area contributed by atoms with Crippen molar-refractivity contribution in [2.24, 2.45) is 5.16 Å². The second-order valence-electron chi connectivity index (χ2n) is 3.36. The maximum Gasteiger partial charge on any atom is 0.264 e. The fourth-order valence-corrected chi connectivity index (χ4v) is 1.69. The summed E-state index contributed by atoms with van der Waals surface area (Å²) in [5.74, 6) is -0.728. The normalized spacial score (nSPS) is 15.9. The second kappa shape index (κ2) is 3.77. The Morgan fingerprint density at radius 1 is 1.25 bits per heavy atom. The Labute approximate surface area is 92.3 Å². The molecule has 0 fully saturated rings. The van der Waals surface area contributed by atoms with Gasteiger partial charge in [-0.05, 0) is 19.1 Å². The molecule has 1 atom stereocenters. The third kappa shape index (κ3) is 1.37. The highest BCUT2D eigenvalue weighted by atomic mass is 16.6. The molecular formula is C11H10N2O3. The number of hydrogen-bond acceptors (Lipinski definition) is 4. The van der Waals surface area contributed by atoms with Gasteiger partial charge in [-0.3, -0.25) is 9.59 Å². The number of carbonyl (C=O) groups excluding carboxylic acids is 2. The minimum Gasteiger partial charge on any atom is -0.371 e. The average Bonchev–Trinajstić information content (AvgIpc) is 2.53. The van der Waals surface area contributed by atoms with Crippen LogP contribution in [0.1, 0.15) is 27.6 Å². The van der Waals surface area contributed by atoms with Crippen LogP contribution in [0, 0.1) is 0 Å². The van der Waals surface area contributed by atoms with Gasteiger partial charge in [-0.25, -0.2) is 4.90 Å². The number of oxime groups is 1. The summed E-state index contributed by atoms with van der Waals surface area (Å²) >= 11 is 0. The van der Waals surface area contributed by atoms with Crippen molar-refractivity contribution < 1.29 is 14.4 Å². The Kier molecular flexibility index (Phi) is 2.44. The largest absolute Gasteiger partial charge is 0.371 e. The molecule has 1 unspecified atom stereocenters. The highest BCUT2D eigenvalue weighted by Gasteiger charge is 2.39. The van der Waals surface area contributed by atoms with E-state index in [1.165, 1.54) is 0 Å². The SMILES string of the molecule is C=NOC(C)N1C(=O)c2ccccc2C1=O. The van der Waals surface area contributed by atoms with Gasteiger partial charge in [-0.1, -0.05) is 12.1 Å². The number of fused-ring (bicyclic) bond motifs is 1. The molecular weight excluding hydrogens is 208 g/mol. The molecule has 0 bridgehead atoms. The van der Waals surface area contributed by atoms with Gasteiger partial charge in [-0.2, -0.15) is 0 Å². The Hall–Kier alpha value is -2.17. The third-order valence-electron chi connectivity index (χ3n) is 2.42. The van der Waals surface area contributed by atoms with Crippen LogP contribution in [0.25, 0.3) is 0 Å². The van der Waals surface area contributed by atoms with Crippen molar-refractivity contribution in [3.8, 4) is 0 Å². The summed E-state index contributed by atoms with van der Waals surface area (Å²) in [7, 11) is 0. The van der Waals surface area contributed by atoms with E-state index in [4.69, 9.17) is 4.84 Å². The minimum absolute atomic E-state index is 0.364. The fourth-order valence-electron chi connectivity index (χ4n) is 1.69. The number of imide groups is 1. The molecule has 5 nitrogen and oxygen atoms in total. The molecule has 1 aromatic rings. The number of nitrogens with zero attached hydrogens (tertiary/aromatic N) is 2. The van der Waals surface area contributed by atoms with E-state index < -0.39 is 6.23 Å². The van der Waals surface area contributed by atoms with Crippen LogP contribution in [-0.4, -0.2) is 29.7 Å². The van der Waals surface area contributed by atoms with Gasteiger partial charge in [0.15, 0.2) is 0 Å². The first-order valence-corrected chi connectivity index (χ1v) is 4.75. The molecule has 1 aromatic carbocycles. The van der Waals surface area contributed by atoms with Gasteiger partial charge in [0.05, 0.1) is 11.1 Å². The zero-order valence-electron chi connectivity index (χ0n) is 8.71. The Morgan fingerprint density at radius 2 is 1.75 bits per heavy atom. The van der Waals surface area contributed by atoms with Crippen LogP contribution in [0.4, 0.5) is 0 Å². The van der Waals surface area contributed by atoms with Crippen molar-refractivity contribution in [1.82, 2.24) is 4.90 Å². The maximum atomic E-state index is 11.9. The summed E-state index contributed by atoms with van der Waals surface area (Å²) in [6.07, 6.45) is -0.745. The predicted octanol–water partition coefficient (Wildman–Crippen LogP) is 1.26. The van der Waals surface area contributed by atoms with Crippen LogP contribution in [0.2, 0.25) is 0 Å². The van der Waals surface area contributed by atoms with E-state index in [0.717, 1.165) is 4.90 Å². The maximum absolute atomic E-state index is 11.9.